The third kappa shape index (κ3) is 2.02. The van der Waals surface area contributed by atoms with Gasteiger partial charge in [0.15, 0.2) is 0 Å². The summed E-state index contributed by atoms with van der Waals surface area (Å²) in [6.45, 7) is 5.43. The highest BCUT2D eigenvalue weighted by Gasteiger charge is 2.17. The molecule has 0 spiro atoms. The molecule has 1 fully saturated rings. The molecule has 1 aliphatic rings. The van der Waals surface area contributed by atoms with Crippen LogP contribution in [0.3, 0.4) is 0 Å². The van der Waals surface area contributed by atoms with Gasteiger partial charge in [-0.15, -0.1) is 0 Å². The van der Waals surface area contributed by atoms with Crippen molar-refractivity contribution in [2.75, 3.05) is 24.5 Å². The lowest BCUT2D eigenvalue weighted by Gasteiger charge is -2.35. The number of benzene rings is 1. The lowest BCUT2D eigenvalue weighted by Crippen LogP contribution is -2.49. The van der Waals surface area contributed by atoms with E-state index in [9.17, 15) is 0 Å². The molecule has 0 radical (unpaired) electrons. The molecule has 0 aromatic heterocycles. The molecule has 1 N–H and O–H groups in total. The van der Waals surface area contributed by atoms with Gasteiger partial charge >= 0.3 is 0 Å². The van der Waals surface area contributed by atoms with Gasteiger partial charge in [0.1, 0.15) is 0 Å². The maximum atomic E-state index is 5.86. The summed E-state index contributed by atoms with van der Waals surface area (Å²) in [4.78, 5) is 2.41. The largest absolute Gasteiger partial charge is 0.366 e. The van der Waals surface area contributed by atoms with Crippen molar-refractivity contribution >= 4 is 17.3 Å². The average Bonchev–Trinajstić information content (AvgIpc) is 2.20. The summed E-state index contributed by atoms with van der Waals surface area (Å²) in [5, 5.41) is 4.18. The molecule has 0 unspecified atom stereocenters. The first kappa shape index (κ1) is 9.81. The van der Waals surface area contributed by atoms with Gasteiger partial charge in [0.05, 0.1) is 0 Å². The van der Waals surface area contributed by atoms with Crippen LogP contribution in [-0.2, 0) is 0 Å². The summed E-state index contributed by atoms with van der Waals surface area (Å²) in [6, 6.07) is 8.64. The Balaban J connectivity index is 2.16. The van der Waals surface area contributed by atoms with Crippen LogP contribution in [0, 0.1) is 0 Å². The Morgan fingerprint density at radius 1 is 1.36 bits per heavy atom. The van der Waals surface area contributed by atoms with E-state index in [2.05, 4.69) is 29.3 Å². The lowest BCUT2D eigenvalue weighted by atomic mass is 10.2. The summed E-state index contributed by atoms with van der Waals surface area (Å²) in [5.74, 6) is 0. The van der Waals surface area contributed by atoms with Gasteiger partial charge in [-0.2, -0.15) is 0 Å². The third-order valence-corrected chi connectivity index (χ3v) is 2.91. The second-order valence-electron chi connectivity index (χ2n) is 3.72. The molecule has 1 aromatic carbocycles. The smallest absolute Gasteiger partial charge is 0.0407 e. The van der Waals surface area contributed by atoms with E-state index in [1.807, 2.05) is 12.1 Å². The number of piperazine rings is 1. The van der Waals surface area contributed by atoms with Crippen molar-refractivity contribution in [2.24, 2.45) is 0 Å². The Kier molecular flexibility index (Phi) is 2.94. The first-order valence-electron chi connectivity index (χ1n) is 5.00. The summed E-state index contributed by atoms with van der Waals surface area (Å²) < 4.78 is 0. The van der Waals surface area contributed by atoms with Gasteiger partial charge < -0.3 is 10.2 Å². The molecular formula is C11H15ClN2. The maximum Gasteiger partial charge on any atom is 0.0407 e. The van der Waals surface area contributed by atoms with E-state index >= 15 is 0 Å². The normalized spacial score (nSPS) is 22.4. The molecule has 1 atom stereocenters. The highest BCUT2D eigenvalue weighted by molar-refractivity contribution is 6.30. The molecule has 0 saturated carbocycles. The molecule has 1 heterocycles. The monoisotopic (exact) mass is 210 g/mol. The summed E-state index contributed by atoms with van der Waals surface area (Å²) in [5.41, 5.74) is 1.27. The summed E-state index contributed by atoms with van der Waals surface area (Å²) >= 11 is 5.86. The Morgan fingerprint density at radius 3 is 2.71 bits per heavy atom. The topological polar surface area (TPSA) is 15.3 Å². The first-order chi connectivity index (χ1) is 6.77. The van der Waals surface area contributed by atoms with Crippen molar-refractivity contribution in [2.45, 2.75) is 13.0 Å². The molecule has 76 valence electrons. The van der Waals surface area contributed by atoms with Crippen LogP contribution in [0.4, 0.5) is 5.69 Å². The Hall–Kier alpha value is -0.730. The zero-order chi connectivity index (χ0) is 9.97. The van der Waals surface area contributed by atoms with Gasteiger partial charge in [-0.25, -0.2) is 0 Å². The molecule has 3 heteroatoms. The minimum atomic E-state index is 0.560. The van der Waals surface area contributed by atoms with Gasteiger partial charge in [0.2, 0.25) is 0 Å². The minimum absolute atomic E-state index is 0.560. The average molecular weight is 211 g/mol. The summed E-state index contributed by atoms with van der Waals surface area (Å²) in [6.07, 6.45) is 0. The number of hydrogen-bond donors (Lipinski definition) is 1. The van der Waals surface area contributed by atoms with Crippen molar-refractivity contribution in [1.82, 2.24) is 5.32 Å². The van der Waals surface area contributed by atoms with Crippen molar-refractivity contribution in [3.63, 3.8) is 0 Å². The van der Waals surface area contributed by atoms with Crippen molar-refractivity contribution < 1.29 is 0 Å². The van der Waals surface area contributed by atoms with Crippen molar-refractivity contribution in [1.29, 1.82) is 0 Å². The third-order valence-electron chi connectivity index (χ3n) is 2.66. The highest BCUT2D eigenvalue weighted by Crippen LogP contribution is 2.20. The summed E-state index contributed by atoms with van der Waals surface area (Å²) in [7, 11) is 0. The predicted octanol–water partition coefficient (Wildman–Crippen LogP) is 2.14. The number of rotatable bonds is 1. The fraction of sp³-hybridized carbons (Fsp3) is 0.455. The van der Waals surface area contributed by atoms with Crippen molar-refractivity contribution in [3.05, 3.63) is 29.3 Å². The Labute approximate surface area is 89.9 Å². The number of anilines is 1. The van der Waals surface area contributed by atoms with Crippen LogP contribution >= 0.6 is 11.6 Å². The fourth-order valence-electron chi connectivity index (χ4n) is 1.86. The molecule has 14 heavy (non-hydrogen) atoms. The van der Waals surface area contributed by atoms with Crippen LogP contribution in [0.15, 0.2) is 24.3 Å². The van der Waals surface area contributed by atoms with E-state index in [-0.39, 0.29) is 0 Å². The second-order valence-corrected chi connectivity index (χ2v) is 4.16. The quantitative estimate of drug-likeness (QED) is 0.764. The highest BCUT2D eigenvalue weighted by atomic mass is 35.5. The van der Waals surface area contributed by atoms with Crippen molar-refractivity contribution in [3.8, 4) is 0 Å². The SMILES string of the molecule is C[C@H]1CNCCN1c1ccc(Cl)cc1. The van der Waals surface area contributed by atoms with Crippen LogP contribution in [0.25, 0.3) is 0 Å². The van der Waals surface area contributed by atoms with Gasteiger partial charge in [0, 0.05) is 36.4 Å². The Bertz CT molecular complexity index is 297. The molecular weight excluding hydrogens is 196 g/mol. The maximum absolute atomic E-state index is 5.86. The molecule has 1 saturated heterocycles. The molecule has 0 amide bonds. The van der Waals surface area contributed by atoms with E-state index in [0.717, 1.165) is 24.7 Å². The van der Waals surface area contributed by atoms with E-state index in [1.54, 1.807) is 0 Å². The van der Waals surface area contributed by atoms with E-state index in [4.69, 9.17) is 11.6 Å². The van der Waals surface area contributed by atoms with Crippen LogP contribution in [0.2, 0.25) is 5.02 Å². The van der Waals surface area contributed by atoms with Crippen LogP contribution in [0.1, 0.15) is 6.92 Å². The molecule has 1 aliphatic heterocycles. The zero-order valence-electron chi connectivity index (χ0n) is 8.33. The molecule has 1 aromatic rings. The fourth-order valence-corrected chi connectivity index (χ4v) is 1.98. The number of hydrogen-bond acceptors (Lipinski definition) is 2. The number of nitrogens with one attached hydrogen (secondary N) is 1. The standard InChI is InChI=1S/C11H15ClN2/c1-9-8-13-6-7-14(9)11-4-2-10(12)3-5-11/h2-5,9,13H,6-8H2,1H3/t9-/m0/s1. The van der Waals surface area contributed by atoms with E-state index in [1.165, 1.54) is 5.69 Å². The molecule has 2 rings (SSSR count). The minimum Gasteiger partial charge on any atom is -0.366 e. The predicted molar refractivity (Wildman–Crippen MR) is 61.1 cm³/mol. The van der Waals surface area contributed by atoms with Crippen LogP contribution < -0.4 is 10.2 Å². The lowest BCUT2D eigenvalue weighted by molar-refractivity contribution is 0.501. The van der Waals surface area contributed by atoms with Gasteiger partial charge in [-0.3, -0.25) is 0 Å². The van der Waals surface area contributed by atoms with Gasteiger partial charge in [-0.1, -0.05) is 11.6 Å². The Morgan fingerprint density at radius 2 is 2.07 bits per heavy atom. The number of halogens is 1. The van der Waals surface area contributed by atoms with Crippen LogP contribution in [-0.4, -0.2) is 25.7 Å². The van der Waals surface area contributed by atoms with E-state index < -0.39 is 0 Å². The van der Waals surface area contributed by atoms with Gasteiger partial charge in [0.25, 0.3) is 0 Å². The molecule has 2 nitrogen and oxygen atoms in total. The van der Waals surface area contributed by atoms with Crippen LogP contribution in [0.5, 0.6) is 0 Å². The molecule has 0 bridgehead atoms. The van der Waals surface area contributed by atoms with E-state index in [0.29, 0.717) is 6.04 Å². The number of nitrogens with zero attached hydrogens (tertiary/aromatic N) is 1. The first-order valence-corrected chi connectivity index (χ1v) is 5.38. The molecule has 0 aliphatic carbocycles. The van der Waals surface area contributed by atoms with Gasteiger partial charge in [-0.05, 0) is 31.2 Å². The second kappa shape index (κ2) is 4.20. The zero-order valence-corrected chi connectivity index (χ0v) is 9.09.